The van der Waals surface area contributed by atoms with Gasteiger partial charge in [-0.05, 0) is 18.9 Å². The molecule has 78 valence electrons. The summed E-state index contributed by atoms with van der Waals surface area (Å²) >= 11 is 7.82. The molecule has 0 amide bonds. The number of ether oxygens (including phenoxy) is 1. The van der Waals surface area contributed by atoms with Gasteiger partial charge in [0.25, 0.3) is 0 Å². The zero-order valence-corrected chi connectivity index (χ0v) is 9.78. The average molecular weight is 241 g/mol. The standard InChI is InChI=1S/C10H9ClN2OS/c1-5-12-9(11)8-6-2-3-14-4-7(6)15-10(8)13-5/h2-4H2,1H3. The summed E-state index contributed by atoms with van der Waals surface area (Å²) in [7, 11) is 0. The molecule has 0 aromatic carbocycles. The highest BCUT2D eigenvalue weighted by molar-refractivity contribution is 7.18. The van der Waals surface area contributed by atoms with E-state index >= 15 is 0 Å². The maximum atomic E-state index is 6.16. The summed E-state index contributed by atoms with van der Waals surface area (Å²) in [4.78, 5) is 10.8. The van der Waals surface area contributed by atoms with Crippen LogP contribution in [0.1, 0.15) is 16.3 Å². The van der Waals surface area contributed by atoms with Gasteiger partial charge in [-0.25, -0.2) is 9.97 Å². The second kappa shape index (κ2) is 3.40. The third kappa shape index (κ3) is 1.44. The Morgan fingerprint density at radius 2 is 2.27 bits per heavy atom. The molecule has 0 saturated carbocycles. The van der Waals surface area contributed by atoms with Crippen LogP contribution in [0.25, 0.3) is 10.2 Å². The van der Waals surface area contributed by atoms with Crippen molar-refractivity contribution in [2.24, 2.45) is 0 Å². The van der Waals surface area contributed by atoms with E-state index in [0.29, 0.717) is 11.8 Å². The van der Waals surface area contributed by atoms with E-state index in [4.69, 9.17) is 16.3 Å². The molecule has 1 aliphatic rings. The van der Waals surface area contributed by atoms with Gasteiger partial charge in [-0.15, -0.1) is 11.3 Å². The van der Waals surface area contributed by atoms with Crippen LogP contribution in [0.4, 0.5) is 0 Å². The van der Waals surface area contributed by atoms with Crippen LogP contribution >= 0.6 is 22.9 Å². The van der Waals surface area contributed by atoms with Gasteiger partial charge in [0.2, 0.25) is 0 Å². The van der Waals surface area contributed by atoms with Crippen molar-refractivity contribution in [3.05, 3.63) is 21.4 Å². The Morgan fingerprint density at radius 3 is 3.13 bits per heavy atom. The number of aromatic nitrogens is 2. The fourth-order valence-corrected chi connectivity index (χ4v) is 3.46. The van der Waals surface area contributed by atoms with Crippen molar-refractivity contribution in [1.29, 1.82) is 0 Å². The zero-order valence-electron chi connectivity index (χ0n) is 8.21. The first-order valence-electron chi connectivity index (χ1n) is 4.78. The third-order valence-electron chi connectivity index (χ3n) is 2.53. The van der Waals surface area contributed by atoms with Crippen molar-refractivity contribution in [2.45, 2.75) is 20.0 Å². The minimum Gasteiger partial charge on any atom is -0.376 e. The van der Waals surface area contributed by atoms with Crippen LogP contribution < -0.4 is 0 Å². The van der Waals surface area contributed by atoms with Gasteiger partial charge < -0.3 is 4.74 Å². The average Bonchev–Trinajstić information content (AvgIpc) is 2.54. The first-order valence-corrected chi connectivity index (χ1v) is 5.97. The fourth-order valence-electron chi connectivity index (χ4n) is 1.88. The lowest BCUT2D eigenvalue weighted by Crippen LogP contribution is -2.06. The van der Waals surface area contributed by atoms with Crippen LogP contribution in [0, 0.1) is 6.92 Å². The molecule has 2 aromatic heterocycles. The molecule has 0 saturated heterocycles. The summed E-state index contributed by atoms with van der Waals surface area (Å²) < 4.78 is 5.41. The molecular formula is C10H9ClN2OS. The zero-order chi connectivity index (χ0) is 10.4. The molecule has 0 bridgehead atoms. The van der Waals surface area contributed by atoms with Gasteiger partial charge in [-0.1, -0.05) is 11.6 Å². The number of fused-ring (bicyclic) bond motifs is 3. The van der Waals surface area contributed by atoms with E-state index in [1.54, 1.807) is 11.3 Å². The third-order valence-corrected chi connectivity index (χ3v) is 3.90. The number of halogens is 1. The lowest BCUT2D eigenvalue weighted by atomic mass is 10.1. The molecule has 0 atom stereocenters. The largest absolute Gasteiger partial charge is 0.376 e. The number of rotatable bonds is 0. The Morgan fingerprint density at radius 1 is 1.40 bits per heavy atom. The highest BCUT2D eigenvalue weighted by Crippen LogP contribution is 2.36. The summed E-state index contributed by atoms with van der Waals surface area (Å²) in [6.45, 7) is 3.31. The molecule has 3 nitrogen and oxygen atoms in total. The molecular weight excluding hydrogens is 232 g/mol. The normalized spacial score (nSPS) is 15.6. The molecule has 15 heavy (non-hydrogen) atoms. The van der Waals surface area contributed by atoms with E-state index in [2.05, 4.69) is 9.97 Å². The maximum absolute atomic E-state index is 6.16. The lowest BCUT2D eigenvalue weighted by Gasteiger charge is -2.11. The quantitative estimate of drug-likeness (QED) is 0.664. The summed E-state index contributed by atoms with van der Waals surface area (Å²) in [5, 5.41) is 1.61. The molecule has 1 aliphatic heterocycles. The van der Waals surface area contributed by atoms with Crippen molar-refractivity contribution in [3.63, 3.8) is 0 Å². The molecule has 0 aliphatic carbocycles. The molecule has 0 N–H and O–H groups in total. The Kier molecular flexibility index (Phi) is 2.16. The molecule has 3 rings (SSSR count). The molecule has 0 spiro atoms. The van der Waals surface area contributed by atoms with Crippen LogP contribution in [0.15, 0.2) is 0 Å². The van der Waals surface area contributed by atoms with Crippen molar-refractivity contribution in [1.82, 2.24) is 9.97 Å². The monoisotopic (exact) mass is 240 g/mol. The van der Waals surface area contributed by atoms with Gasteiger partial charge in [0, 0.05) is 4.88 Å². The topological polar surface area (TPSA) is 35.0 Å². The molecule has 0 unspecified atom stereocenters. The molecule has 2 aromatic rings. The van der Waals surface area contributed by atoms with Gasteiger partial charge >= 0.3 is 0 Å². The number of aryl methyl sites for hydroxylation is 1. The first kappa shape index (κ1) is 9.51. The Hall–Kier alpha value is -0.710. The van der Waals surface area contributed by atoms with Crippen molar-refractivity contribution in [3.8, 4) is 0 Å². The molecule has 3 heterocycles. The predicted octanol–water partition coefficient (Wildman–Crippen LogP) is 2.73. The van der Waals surface area contributed by atoms with E-state index in [-0.39, 0.29) is 0 Å². The summed E-state index contributed by atoms with van der Waals surface area (Å²) in [6, 6.07) is 0. The van der Waals surface area contributed by atoms with E-state index in [0.717, 1.165) is 29.1 Å². The van der Waals surface area contributed by atoms with Gasteiger partial charge in [-0.3, -0.25) is 0 Å². The van der Waals surface area contributed by atoms with Crippen LogP contribution in [0.3, 0.4) is 0 Å². The summed E-state index contributed by atoms with van der Waals surface area (Å²) in [5.74, 6) is 0.729. The maximum Gasteiger partial charge on any atom is 0.141 e. The van der Waals surface area contributed by atoms with E-state index in [1.165, 1.54) is 10.4 Å². The van der Waals surface area contributed by atoms with E-state index in [1.807, 2.05) is 6.92 Å². The SMILES string of the molecule is Cc1nc(Cl)c2c3c(sc2n1)COCC3. The van der Waals surface area contributed by atoms with Gasteiger partial charge in [-0.2, -0.15) is 0 Å². The highest BCUT2D eigenvalue weighted by atomic mass is 35.5. The summed E-state index contributed by atoms with van der Waals surface area (Å²) in [5.41, 5.74) is 1.28. The minimum atomic E-state index is 0.580. The second-order valence-electron chi connectivity index (χ2n) is 3.55. The van der Waals surface area contributed by atoms with Crippen LogP contribution in [-0.4, -0.2) is 16.6 Å². The molecule has 0 radical (unpaired) electrons. The van der Waals surface area contributed by atoms with E-state index in [9.17, 15) is 0 Å². The fraction of sp³-hybridized carbons (Fsp3) is 0.400. The lowest BCUT2D eigenvalue weighted by molar-refractivity contribution is 0.114. The first-order chi connectivity index (χ1) is 7.25. The van der Waals surface area contributed by atoms with Crippen LogP contribution in [0.5, 0.6) is 0 Å². The highest BCUT2D eigenvalue weighted by Gasteiger charge is 2.19. The summed E-state index contributed by atoms with van der Waals surface area (Å²) in [6.07, 6.45) is 0.918. The van der Waals surface area contributed by atoms with Crippen LogP contribution in [0.2, 0.25) is 5.15 Å². The van der Waals surface area contributed by atoms with Crippen LogP contribution in [-0.2, 0) is 17.8 Å². The van der Waals surface area contributed by atoms with Crippen molar-refractivity contribution >= 4 is 33.2 Å². The molecule has 0 fully saturated rings. The Bertz CT molecular complexity index is 538. The van der Waals surface area contributed by atoms with E-state index < -0.39 is 0 Å². The van der Waals surface area contributed by atoms with Crippen molar-refractivity contribution in [2.75, 3.05) is 6.61 Å². The number of thiophene rings is 1. The second-order valence-corrected chi connectivity index (χ2v) is 4.99. The Balaban J connectivity index is 2.37. The smallest absolute Gasteiger partial charge is 0.141 e. The number of nitrogens with zero attached hydrogens (tertiary/aromatic N) is 2. The van der Waals surface area contributed by atoms with Crippen molar-refractivity contribution < 1.29 is 4.74 Å². The minimum absolute atomic E-state index is 0.580. The van der Waals surface area contributed by atoms with Gasteiger partial charge in [0.1, 0.15) is 15.8 Å². The number of hydrogen-bond donors (Lipinski definition) is 0. The van der Waals surface area contributed by atoms with Gasteiger partial charge in [0.15, 0.2) is 0 Å². The van der Waals surface area contributed by atoms with Gasteiger partial charge in [0.05, 0.1) is 18.6 Å². The number of hydrogen-bond acceptors (Lipinski definition) is 4. The molecule has 5 heteroatoms. The Labute approximate surface area is 96.1 Å². The predicted molar refractivity (Wildman–Crippen MR) is 60.5 cm³/mol.